The average Bonchev–Trinajstić information content (AvgIpc) is 2.53. The first-order valence-electron chi connectivity index (χ1n) is 7.83. The molecular formula is C18H23N3O. The van der Waals surface area contributed by atoms with E-state index in [2.05, 4.69) is 36.6 Å². The van der Waals surface area contributed by atoms with Crippen LogP contribution in [0.15, 0.2) is 29.8 Å². The van der Waals surface area contributed by atoms with E-state index in [9.17, 15) is 10.1 Å². The molecule has 2 rings (SSSR count). The van der Waals surface area contributed by atoms with Crippen molar-refractivity contribution in [2.24, 2.45) is 5.41 Å². The molecule has 0 saturated heterocycles. The third-order valence-corrected chi connectivity index (χ3v) is 4.39. The van der Waals surface area contributed by atoms with Gasteiger partial charge in [-0.1, -0.05) is 45.0 Å². The highest BCUT2D eigenvalue weighted by molar-refractivity contribution is 5.89. The third-order valence-electron chi connectivity index (χ3n) is 4.39. The van der Waals surface area contributed by atoms with E-state index in [4.69, 9.17) is 0 Å². The Hall–Kier alpha value is -2.28. The summed E-state index contributed by atoms with van der Waals surface area (Å²) in [4.78, 5) is 12.1. The Labute approximate surface area is 132 Å². The van der Waals surface area contributed by atoms with Gasteiger partial charge in [-0.15, -0.1) is 0 Å². The van der Waals surface area contributed by atoms with Gasteiger partial charge in [0.15, 0.2) is 0 Å². The summed E-state index contributed by atoms with van der Waals surface area (Å²) in [5, 5.41) is 15.4. The number of rotatable bonds is 4. The summed E-state index contributed by atoms with van der Waals surface area (Å²) < 4.78 is 0. The van der Waals surface area contributed by atoms with E-state index in [-0.39, 0.29) is 11.4 Å². The molecule has 0 heterocycles. The van der Waals surface area contributed by atoms with Gasteiger partial charge in [0.1, 0.15) is 0 Å². The number of hydrogen-bond acceptors (Lipinski definition) is 2. The van der Waals surface area contributed by atoms with Crippen LogP contribution in [0.5, 0.6) is 0 Å². The highest BCUT2D eigenvalue weighted by Gasteiger charge is 2.36. The van der Waals surface area contributed by atoms with Crippen LogP contribution in [0.2, 0.25) is 0 Å². The zero-order chi connectivity index (χ0) is 16.2. The van der Waals surface area contributed by atoms with Gasteiger partial charge in [0, 0.05) is 17.5 Å². The smallest absolute Gasteiger partial charge is 0.319 e. The number of urea groups is 1. The molecule has 22 heavy (non-hydrogen) atoms. The second-order valence-electron chi connectivity index (χ2n) is 5.99. The lowest BCUT2D eigenvalue weighted by atomic mass is 9.69. The van der Waals surface area contributed by atoms with Crippen LogP contribution in [0.4, 0.5) is 4.79 Å². The second-order valence-corrected chi connectivity index (χ2v) is 5.99. The van der Waals surface area contributed by atoms with Gasteiger partial charge < -0.3 is 10.6 Å². The van der Waals surface area contributed by atoms with Gasteiger partial charge in [-0.05, 0) is 24.8 Å². The predicted octanol–water partition coefficient (Wildman–Crippen LogP) is 3.60. The highest BCUT2D eigenvalue weighted by atomic mass is 16.2. The molecule has 1 aliphatic rings. The number of fused-ring (bicyclic) bond motifs is 1. The first kappa shape index (κ1) is 16.1. The molecule has 0 radical (unpaired) electrons. The molecule has 4 heteroatoms. The lowest BCUT2D eigenvalue weighted by Gasteiger charge is -2.35. The summed E-state index contributed by atoms with van der Waals surface area (Å²) in [6.45, 7) is 6.80. The van der Waals surface area contributed by atoms with Crippen molar-refractivity contribution in [2.45, 2.75) is 40.0 Å². The number of benzene rings is 1. The van der Waals surface area contributed by atoms with Crippen molar-refractivity contribution in [3.8, 4) is 6.07 Å². The lowest BCUT2D eigenvalue weighted by molar-refractivity contribution is 0.244. The second kappa shape index (κ2) is 6.65. The summed E-state index contributed by atoms with van der Waals surface area (Å²) >= 11 is 0. The number of carbonyl (C=O) groups is 1. The van der Waals surface area contributed by atoms with Crippen LogP contribution >= 0.6 is 0 Å². The molecule has 0 aliphatic heterocycles. The molecule has 0 aromatic heterocycles. The molecule has 2 amide bonds. The summed E-state index contributed by atoms with van der Waals surface area (Å²) in [5.74, 6) is 0. The van der Waals surface area contributed by atoms with Crippen LogP contribution in [0, 0.1) is 16.7 Å². The maximum atomic E-state index is 12.1. The molecule has 1 unspecified atom stereocenters. The number of nitrogens with one attached hydrogen (secondary N) is 2. The van der Waals surface area contributed by atoms with Crippen molar-refractivity contribution in [3.05, 3.63) is 41.0 Å². The highest BCUT2D eigenvalue weighted by Crippen LogP contribution is 2.43. The molecule has 1 aromatic rings. The van der Waals surface area contributed by atoms with Crippen molar-refractivity contribution in [1.82, 2.24) is 10.6 Å². The summed E-state index contributed by atoms with van der Waals surface area (Å²) in [5.41, 5.74) is 3.21. The molecule has 1 atom stereocenters. The minimum absolute atomic E-state index is 0.240. The van der Waals surface area contributed by atoms with Crippen molar-refractivity contribution in [1.29, 1.82) is 5.26 Å². The van der Waals surface area contributed by atoms with Gasteiger partial charge >= 0.3 is 6.03 Å². The quantitative estimate of drug-likeness (QED) is 0.891. The average molecular weight is 297 g/mol. The lowest BCUT2D eigenvalue weighted by Crippen LogP contribution is -2.38. The van der Waals surface area contributed by atoms with Gasteiger partial charge in [0.2, 0.25) is 0 Å². The van der Waals surface area contributed by atoms with Gasteiger partial charge in [-0.3, -0.25) is 0 Å². The SMILES string of the molecule is CCCNC(=O)NC1=C(C#N)C(C)(CC)Cc2ccccc21. The van der Waals surface area contributed by atoms with Crippen molar-refractivity contribution < 1.29 is 4.79 Å². The standard InChI is InChI=1S/C18H23N3O/c1-4-10-20-17(22)21-16-14-9-7-6-8-13(14)11-18(3,5-2)15(16)12-19/h6-9H,4-5,10-11H2,1-3H3,(H2,20,21,22). The molecule has 0 bridgehead atoms. The third kappa shape index (κ3) is 2.99. The van der Waals surface area contributed by atoms with Crippen LogP contribution in [-0.4, -0.2) is 12.6 Å². The topological polar surface area (TPSA) is 64.9 Å². The Bertz CT molecular complexity index is 642. The zero-order valence-corrected chi connectivity index (χ0v) is 13.5. The van der Waals surface area contributed by atoms with E-state index in [1.807, 2.05) is 25.1 Å². The Balaban J connectivity index is 2.47. The van der Waals surface area contributed by atoms with Crippen LogP contribution < -0.4 is 10.6 Å². The van der Waals surface area contributed by atoms with Crippen LogP contribution in [0.25, 0.3) is 5.70 Å². The molecular weight excluding hydrogens is 274 g/mol. The summed E-state index contributed by atoms with van der Waals surface area (Å²) in [6, 6.07) is 10.1. The number of carbonyl (C=O) groups excluding carboxylic acids is 1. The number of allylic oxidation sites excluding steroid dienone is 1. The monoisotopic (exact) mass is 297 g/mol. The van der Waals surface area contributed by atoms with E-state index in [1.165, 1.54) is 5.56 Å². The normalized spacial score (nSPS) is 20.1. The van der Waals surface area contributed by atoms with E-state index in [0.29, 0.717) is 17.8 Å². The maximum absolute atomic E-state index is 12.1. The first-order chi connectivity index (χ1) is 10.6. The van der Waals surface area contributed by atoms with Crippen molar-refractivity contribution >= 4 is 11.7 Å². The van der Waals surface area contributed by atoms with Crippen molar-refractivity contribution in [2.75, 3.05) is 6.54 Å². The molecule has 116 valence electrons. The number of amides is 2. The Morgan fingerprint density at radius 2 is 2.09 bits per heavy atom. The predicted molar refractivity (Wildman–Crippen MR) is 87.9 cm³/mol. The fourth-order valence-electron chi connectivity index (χ4n) is 2.88. The molecule has 0 saturated carbocycles. The van der Waals surface area contributed by atoms with Crippen LogP contribution in [0.3, 0.4) is 0 Å². The number of nitrogens with zero attached hydrogens (tertiary/aromatic N) is 1. The van der Waals surface area contributed by atoms with E-state index in [0.717, 1.165) is 24.8 Å². The van der Waals surface area contributed by atoms with Gasteiger partial charge in [0.25, 0.3) is 0 Å². The molecule has 0 spiro atoms. The largest absolute Gasteiger partial charge is 0.338 e. The van der Waals surface area contributed by atoms with Gasteiger partial charge in [-0.25, -0.2) is 4.79 Å². The Kier molecular flexibility index (Phi) is 4.87. The fourth-order valence-corrected chi connectivity index (χ4v) is 2.88. The first-order valence-corrected chi connectivity index (χ1v) is 7.83. The minimum atomic E-state index is -0.250. The minimum Gasteiger partial charge on any atom is -0.338 e. The zero-order valence-electron chi connectivity index (χ0n) is 13.5. The molecule has 4 nitrogen and oxygen atoms in total. The summed E-state index contributed by atoms with van der Waals surface area (Å²) in [6.07, 6.45) is 2.55. The van der Waals surface area contributed by atoms with Gasteiger partial charge in [-0.2, -0.15) is 5.26 Å². The maximum Gasteiger partial charge on any atom is 0.319 e. The number of hydrogen-bond donors (Lipinski definition) is 2. The van der Waals surface area contributed by atoms with Crippen LogP contribution in [-0.2, 0) is 6.42 Å². The number of nitriles is 1. The van der Waals surface area contributed by atoms with E-state index >= 15 is 0 Å². The van der Waals surface area contributed by atoms with E-state index < -0.39 is 0 Å². The van der Waals surface area contributed by atoms with Crippen LogP contribution in [0.1, 0.15) is 44.7 Å². The molecule has 1 aliphatic carbocycles. The molecule has 1 aromatic carbocycles. The summed E-state index contributed by atoms with van der Waals surface area (Å²) in [7, 11) is 0. The molecule has 2 N–H and O–H groups in total. The van der Waals surface area contributed by atoms with E-state index in [1.54, 1.807) is 0 Å². The van der Waals surface area contributed by atoms with Gasteiger partial charge in [0.05, 0.1) is 17.3 Å². The molecule has 0 fully saturated rings. The Morgan fingerprint density at radius 3 is 2.73 bits per heavy atom. The Morgan fingerprint density at radius 1 is 1.36 bits per heavy atom. The van der Waals surface area contributed by atoms with Crippen molar-refractivity contribution in [3.63, 3.8) is 0 Å². The fraction of sp³-hybridized carbons (Fsp3) is 0.444.